The maximum absolute atomic E-state index is 9.86. The first-order valence-corrected chi connectivity index (χ1v) is 29.0. The molecule has 0 spiro atoms. The molecular weight excluding hydrogens is 821 g/mol. The Labute approximate surface area is 423 Å². The van der Waals surface area contributed by atoms with Crippen molar-refractivity contribution in [2.45, 2.75) is 247 Å². The van der Waals surface area contributed by atoms with Crippen LogP contribution >= 0.6 is 0 Å². The van der Waals surface area contributed by atoms with Crippen molar-refractivity contribution in [3.05, 3.63) is 0 Å². The van der Waals surface area contributed by atoms with E-state index < -0.39 is 5.60 Å². The summed E-state index contributed by atoms with van der Waals surface area (Å²) in [7, 11) is 0. The Kier molecular flexibility index (Phi) is 29.6. The third-order valence-electron chi connectivity index (χ3n) is 17.6. The number of nitrogens with zero attached hydrogens (tertiary/aromatic N) is 6. The van der Waals surface area contributed by atoms with Gasteiger partial charge in [0, 0.05) is 95.2 Å². The Morgan fingerprint density at radius 3 is 1.10 bits per heavy atom. The van der Waals surface area contributed by atoms with E-state index in [1.54, 1.807) is 0 Å². The number of rotatable bonds is 13. The second-order valence-corrected chi connectivity index (χ2v) is 27.1. The van der Waals surface area contributed by atoms with Gasteiger partial charge in [0.05, 0.1) is 5.60 Å². The van der Waals surface area contributed by atoms with Gasteiger partial charge >= 0.3 is 0 Å². The van der Waals surface area contributed by atoms with Crippen molar-refractivity contribution in [3.63, 3.8) is 0 Å². The fourth-order valence-corrected chi connectivity index (χ4v) is 10.4. The lowest BCUT2D eigenvalue weighted by atomic mass is 9.72. The largest absolute Gasteiger partial charge is 0.387 e. The van der Waals surface area contributed by atoms with Gasteiger partial charge in [-0.25, -0.2) is 0 Å². The number of hydrogen-bond acceptors (Lipinski definition) is 7. The molecule has 0 aromatic rings. The minimum atomic E-state index is -0.399. The van der Waals surface area contributed by atoms with Gasteiger partial charge in [-0.05, 0) is 199 Å². The lowest BCUT2D eigenvalue weighted by Crippen LogP contribution is -2.66. The molecule has 1 unspecified atom stereocenters. The summed E-state index contributed by atoms with van der Waals surface area (Å²) < 4.78 is 0. The number of likely N-dealkylation sites (tertiary alicyclic amines) is 6. The summed E-state index contributed by atoms with van der Waals surface area (Å²) in [5.41, 5.74) is 0.203. The van der Waals surface area contributed by atoms with E-state index in [1.165, 1.54) is 97.6 Å². The Balaban J connectivity index is 0.000000402. The highest BCUT2D eigenvalue weighted by Crippen LogP contribution is 2.38. The molecule has 7 nitrogen and oxygen atoms in total. The molecule has 1 atom stereocenters. The Hall–Kier alpha value is -0.280. The zero-order chi connectivity index (χ0) is 51.7. The quantitative estimate of drug-likeness (QED) is 0.197. The first kappa shape index (κ1) is 64.7. The third kappa shape index (κ3) is 23.0. The monoisotopic (exact) mass is 947 g/mol. The van der Waals surface area contributed by atoms with Crippen LogP contribution in [-0.2, 0) is 0 Å². The SMILES string of the molecule is CC(C)C1CCCN(C(C)C)C1.CC(C)C1CCN(C(C)C)CC1.CC(C)C1CN(C(C)C)C1.CC(C)CC1CN(C(C)C)C1.CC(C)N1CC(C)(C(C)C)C1.CC(C)N1CC(O)(C(C)C)C1. The molecule has 6 aliphatic rings. The van der Waals surface area contributed by atoms with E-state index in [2.05, 4.69) is 202 Å². The molecule has 7 heteroatoms. The van der Waals surface area contributed by atoms with Crippen molar-refractivity contribution < 1.29 is 5.11 Å². The molecule has 6 aliphatic heterocycles. The molecule has 0 aromatic heterocycles. The van der Waals surface area contributed by atoms with Crippen LogP contribution < -0.4 is 0 Å². The Morgan fingerprint density at radius 2 is 0.761 bits per heavy atom. The lowest BCUT2D eigenvalue weighted by molar-refractivity contribution is -0.138. The van der Waals surface area contributed by atoms with E-state index in [4.69, 9.17) is 0 Å². The highest BCUT2D eigenvalue weighted by molar-refractivity contribution is 4.98. The second-order valence-electron chi connectivity index (χ2n) is 27.1. The van der Waals surface area contributed by atoms with E-state index in [-0.39, 0.29) is 0 Å². The topological polar surface area (TPSA) is 39.7 Å². The van der Waals surface area contributed by atoms with Crippen molar-refractivity contribution in [1.82, 2.24) is 29.4 Å². The number of piperidine rings is 2. The molecule has 0 aromatic carbocycles. The van der Waals surface area contributed by atoms with Crippen LogP contribution in [0.25, 0.3) is 0 Å². The Morgan fingerprint density at radius 1 is 0.388 bits per heavy atom. The van der Waals surface area contributed by atoms with Crippen LogP contribution in [0.1, 0.15) is 205 Å². The van der Waals surface area contributed by atoms with Gasteiger partial charge in [0.15, 0.2) is 0 Å². The van der Waals surface area contributed by atoms with Gasteiger partial charge in [-0.2, -0.15) is 0 Å². The molecule has 1 N–H and O–H groups in total. The van der Waals surface area contributed by atoms with Crippen molar-refractivity contribution >= 4 is 0 Å². The normalized spacial score (nSPS) is 23.6. The van der Waals surface area contributed by atoms with E-state index >= 15 is 0 Å². The fraction of sp³-hybridized carbons (Fsp3) is 1.00. The number of hydrogen-bond donors (Lipinski definition) is 1. The molecule has 402 valence electrons. The third-order valence-corrected chi connectivity index (χ3v) is 17.6. The van der Waals surface area contributed by atoms with E-state index in [0.29, 0.717) is 17.4 Å². The lowest BCUT2D eigenvalue weighted by Gasteiger charge is -2.52. The summed E-state index contributed by atoms with van der Waals surface area (Å²) in [6, 6.07) is 4.33. The smallest absolute Gasteiger partial charge is 0.0923 e. The summed E-state index contributed by atoms with van der Waals surface area (Å²) >= 11 is 0. The van der Waals surface area contributed by atoms with Gasteiger partial charge in [0.1, 0.15) is 0 Å². The number of aliphatic hydroxyl groups is 1. The van der Waals surface area contributed by atoms with Crippen LogP contribution in [0.15, 0.2) is 0 Å². The minimum absolute atomic E-state index is 0.387. The van der Waals surface area contributed by atoms with E-state index in [0.717, 1.165) is 96.6 Å². The molecular formula is C60H126N6O. The van der Waals surface area contributed by atoms with Gasteiger partial charge in [-0.3, -0.25) is 9.80 Å². The summed E-state index contributed by atoms with van der Waals surface area (Å²) in [5.74, 6) is 8.64. The van der Waals surface area contributed by atoms with E-state index in [9.17, 15) is 5.11 Å². The van der Waals surface area contributed by atoms with Gasteiger partial charge in [-0.1, -0.05) is 90.0 Å². The summed E-state index contributed by atoms with van der Waals surface area (Å²) in [4.78, 5) is 15.1. The van der Waals surface area contributed by atoms with Crippen LogP contribution in [-0.4, -0.2) is 155 Å². The molecule has 0 amide bonds. The first-order chi connectivity index (χ1) is 30.8. The van der Waals surface area contributed by atoms with Gasteiger partial charge in [0.2, 0.25) is 0 Å². The summed E-state index contributed by atoms with van der Waals surface area (Å²) in [6.07, 6.45) is 7.09. The highest BCUT2D eigenvalue weighted by atomic mass is 16.3. The van der Waals surface area contributed by atoms with Crippen molar-refractivity contribution in [1.29, 1.82) is 0 Å². The maximum atomic E-state index is 9.86. The molecule has 6 rings (SSSR count). The van der Waals surface area contributed by atoms with Crippen LogP contribution in [0, 0.1) is 64.6 Å². The molecule has 6 saturated heterocycles. The molecule has 0 aliphatic carbocycles. The van der Waals surface area contributed by atoms with Gasteiger partial charge in [-0.15, -0.1) is 0 Å². The molecule has 67 heavy (non-hydrogen) atoms. The highest BCUT2D eigenvalue weighted by Gasteiger charge is 2.44. The average Bonchev–Trinajstić information content (AvgIpc) is 3.16. The predicted molar refractivity (Wildman–Crippen MR) is 299 cm³/mol. The first-order valence-electron chi connectivity index (χ1n) is 29.0. The molecule has 0 saturated carbocycles. The maximum Gasteiger partial charge on any atom is 0.0923 e. The number of β-amino-alcohol motifs (C(OH)–C–C–N with tert-alkyl or cyclic N) is 1. The predicted octanol–water partition coefficient (Wildman–Crippen LogP) is 13.4. The van der Waals surface area contributed by atoms with Crippen molar-refractivity contribution in [3.8, 4) is 0 Å². The van der Waals surface area contributed by atoms with Gasteiger partial charge < -0.3 is 24.7 Å². The van der Waals surface area contributed by atoms with Crippen molar-refractivity contribution in [2.24, 2.45) is 64.6 Å². The minimum Gasteiger partial charge on any atom is -0.387 e. The van der Waals surface area contributed by atoms with Crippen LogP contribution in [0.2, 0.25) is 0 Å². The molecule has 0 bridgehead atoms. The standard InChI is InChI=1S/2C11H23N.2C10H21N.C9H19NO.C9H19N/c1-9(2)11-5-7-12(8-6-11)10(3)4;1-9(2)11-6-5-7-12(8-11)10(3)4;1-8(2)10(5)6-11(7-10)9(3)4;1-8(2)5-10-6-11(7-10)9(3)4;1-7(2)9(11)5-10(6-9)8(3)4;1-7(2)9-5-10(6-9)8(3)4/h2*9-11H,5-8H2,1-4H3;8-9H,6-7H2,1-5H3;8-10H,5-7H2,1-4H3;7-8,11H,5-6H2,1-4H3;7-9H,5-6H2,1-4H3. The van der Waals surface area contributed by atoms with Gasteiger partial charge in [0.25, 0.3) is 0 Å². The van der Waals surface area contributed by atoms with Crippen LogP contribution in [0.3, 0.4) is 0 Å². The molecule has 0 radical (unpaired) electrons. The molecule has 6 heterocycles. The Bertz CT molecular complexity index is 1150. The van der Waals surface area contributed by atoms with Crippen LogP contribution in [0.5, 0.6) is 0 Å². The zero-order valence-corrected chi connectivity index (χ0v) is 50.4. The van der Waals surface area contributed by atoms with E-state index in [1.807, 2.05) is 0 Å². The van der Waals surface area contributed by atoms with Crippen molar-refractivity contribution in [2.75, 3.05) is 78.5 Å². The second kappa shape index (κ2) is 30.7. The summed E-state index contributed by atoms with van der Waals surface area (Å²) in [6.45, 7) is 72.1. The molecule has 6 fully saturated rings. The zero-order valence-electron chi connectivity index (χ0n) is 50.4. The summed E-state index contributed by atoms with van der Waals surface area (Å²) in [5, 5.41) is 9.86. The van der Waals surface area contributed by atoms with Crippen LogP contribution in [0.4, 0.5) is 0 Å². The fourth-order valence-electron chi connectivity index (χ4n) is 10.4. The average molecular weight is 948 g/mol.